The summed E-state index contributed by atoms with van der Waals surface area (Å²) in [7, 11) is 7.71. The van der Waals surface area contributed by atoms with Crippen LogP contribution in [0.15, 0.2) is 29.3 Å². The zero-order chi connectivity index (χ0) is 23.0. The first-order valence-corrected chi connectivity index (χ1v) is 10.7. The van der Waals surface area contributed by atoms with Crippen molar-refractivity contribution >= 4 is 35.8 Å². The number of guanidine groups is 1. The second-order valence-electron chi connectivity index (χ2n) is 8.21. The molecule has 32 heavy (non-hydrogen) atoms. The lowest BCUT2D eigenvalue weighted by atomic mass is 10.1. The van der Waals surface area contributed by atoms with E-state index in [1.807, 2.05) is 61.9 Å². The zero-order valence-electron chi connectivity index (χ0n) is 20.3. The van der Waals surface area contributed by atoms with Gasteiger partial charge < -0.3 is 20.9 Å². The highest BCUT2D eigenvalue weighted by atomic mass is 127. The number of aliphatic imine (C=N–C) groups is 1. The molecule has 0 spiro atoms. The van der Waals surface area contributed by atoms with E-state index in [1.54, 1.807) is 7.05 Å². The molecule has 1 aromatic heterocycles. The molecule has 0 aliphatic carbocycles. The molecule has 1 amide bonds. The fraction of sp³-hybridized carbons (Fsp3) is 0.522. The van der Waals surface area contributed by atoms with E-state index in [9.17, 15) is 4.79 Å². The molecule has 0 aliphatic heterocycles. The van der Waals surface area contributed by atoms with Crippen LogP contribution in [0.5, 0.6) is 0 Å². The van der Waals surface area contributed by atoms with Crippen LogP contribution in [0, 0.1) is 13.8 Å². The molecule has 2 aromatic rings. The van der Waals surface area contributed by atoms with Crippen molar-refractivity contribution in [1.82, 2.24) is 30.6 Å². The van der Waals surface area contributed by atoms with Gasteiger partial charge in [0.2, 0.25) is 0 Å². The van der Waals surface area contributed by atoms with Crippen molar-refractivity contribution in [2.45, 2.75) is 39.8 Å². The van der Waals surface area contributed by atoms with Gasteiger partial charge in [-0.15, -0.1) is 24.0 Å². The lowest BCUT2D eigenvalue weighted by Gasteiger charge is -2.18. The maximum atomic E-state index is 12.4. The molecule has 2 rings (SSSR count). The van der Waals surface area contributed by atoms with E-state index >= 15 is 0 Å². The molecule has 0 saturated carbocycles. The number of hydrogen-bond acceptors (Lipinski definition) is 4. The molecule has 0 aliphatic rings. The Kier molecular flexibility index (Phi) is 11.7. The van der Waals surface area contributed by atoms with Crippen LogP contribution in [0.3, 0.4) is 0 Å². The summed E-state index contributed by atoms with van der Waals surface area (Å²) in [5.74, 6) is 0.676. The maximum absolute atomic E-state index is 12.4. The first kappa shape index (κ1) is 27.9. The van der Waals surface area contributed by atoms with Gasteiger partial charge in [0.05, 0.1) is 5.69 Å². The molecule has 0 bridgehead atoms. The fourth-order valence-corrected chi connectivity index (χ4v) is 3.40. The first-order valence-electron chi connectivity index (χ1n) is 10.7. The Morgan fingerprint density at radius 2 is 1.97 bits per heavy atom. The second-order valence-corrected chi connectivity index (χ2v) is 8.21. The van der Waals surface area contributed by atoms with Crippen LogP contribution in [-0.4, -0.2) is 66.8 Å². The number of benzene rings is 1. The minimum absolute atomic E-state index is 0. The molecule has 0 radical (unpaired) electrons. The quantitative estimate of drug-likeness (QED) is 0.251. The summed E-state index contributed by atoms with van der Waals surface area (Å²) in [5.41, 5.74) is 5.21. The van der Waals surface area contributed by atoms with Crippen molar-refractivity contribution in [3.05, 3.63) is 52.3 Å². The molecule has 0 saturated heterocycles. The van der Waals surface area contributed by atoms with Crippen molar-refractivity contribution in [2.24, 2.45) is 12.0 Å². The average Bonchev–Trinajstić information content (AvgIpc) is 2.96. The van der Waals surface area contributed by atoms with Crippen LogP contribution >= 0.6 is 24.0 Å². The summed E-state index contributed by atoms with van der Waals surface area (Å²) in [5, 5.41) is 14.2. The Labute approximate surface area is 209 Å². The third kappa shape index (κ3) is 8.42. The van der Waals surface area contributed by atoms with Crippen molar-refractivity contribution in [2.75, 3.05) is 34.2 Å². The third-order valence-corrected chi connectivity index (χ3v) is 5.27. The van der Waals surface area contributed by atoms with Crippen molar-refractivity contribution in [3.63, 3.8) is 0 Å². The number of nitrogens with zero attached hydrogens (tertiary/aromatic N) is 4. The van der Waals surface area contributed by atoms with Crippen LogP contribution in [0.4, 0.5) is 0 Å². The molecular formula is C23H38IN7O. The fourth-order valence-electron chi connectivity index (χ4n) is 3.40. The number of carbonyl (C=O) groups excluding carboxylic acids is 1. The van der Waals surface area contributed by atoms with Gasteiger partial charge in [0.15, 0.2) is 5.96 Å². The van der Waals surface area contributed by atoms with Gasteiger partial charge in [-0.25, -0.2) is 0 Å². The lowest BCUT2D eigenvalue weighted by molar-refractivity contribution is 0.0951. The van der Waals surface area contributed by atoms with E-state index in [1.165, 1.54) is 11.3 Å². The van der Waals surface area contributed by atoms with E-state index < -0.39 is 0 Å². The molecule has 9 heteroatoms. The Morgan fingerprint density at radius 3 is 2.56 bits per heavy atom. The van der Waals surface area contributed by atoms with Gasteiger partial charge in [-0.1, -0.05) is 12.1 Å². The standard InChI is InChI=1S/C23H37N7O.HI/c1-16(13-21-17(2)28-30(7)18(21)3)27-23(24-4)26-15-19-9-8-10-20(14-19)22(31)25-11-12-29(5)6;/h8-10,14,16H,11-13,15H2,1-7H3,(H,25,31)(H2,24,26,27);1H. The lowest BCUT2D eigenvalue weighted by Crippen LogP contribution is -2.42. The van der Waals surface area contributed by atoms with Crippen LogP contribution in [0.1, 0.15) is 39.8 Å². The van der Waals surface area contributed by atoms with Crippen LogP contribution in [-0.2, 0) is 20.0 Å². The number of hydrogen-bond donors (Lipinski definition) is 3. The predicted octanol–water partition coefficient (Wildman–Crippen LogP) is 2.24. The van der Waals surface area contributed by atoms with Gasteiger partial charge in [-0.05, 0) is 64.5 Å². The average molecular weight is 556 g/mol. The number of nitrogens with one attached hydrogen (secondary N) is 3. The molecular weight excluding hydrogens is 517 g/mol. The maximum Gasteiger partial charge on any atom is 0.251 e. The van der Waals surface area contributed by atoms with Crippen LogP contribution < -0.4 is 16.0 Å². The second kappa shape index (κ2) is 13.4. The Morgan fingerprint density at radius 1 is 1.25 bits per heavy atom. The Bertz CT molecular complexity index is 908. The minimum Gasteiger partial charge on any atom is -0.354 e. The van der Waals surface area contributed by atoms with Crippen LogP contribution in [0.2, 0.25) is 0 Å². The molecule has 8 nitrogen and oxygen atoms in total. The van der Waals surface area contributed by atoms with E-state index in [2.05, 4.69) is 39.9 Å². The van der Waals surface area contributed by atoms with E-state index in [0.717, 1.165) is 30.2 Å². The number of halogens is 1. The van der Waals surface area contributed by atoms with E-state index in [-0.39, 0.29) is 35.9 Å². The smallest absolute Gasteiger partial charge is 0.251 e. The SMILES string of the molecule is CN=C(NCc1cccc(C(=O)NCCN(C)C)c1)NC(C)Cc1c(C)nn(C)c1C.I. The monoisotopic (exact) mass is 555 g/mol. The predicted molar refractivity (Wildman–Crippen MR) is 142 cm³/mol. The number of carbonyl (C=O) groups is 1. The number of rotatable bonds is 9. The summed E-state index contributed by atoms with van der Waals surface area (Å²) >= 11 is 0. The molecule has 1 unspecified atom stereocenters. The minimum atomic E-state index is -0.0537. The van der Waals surface area contributed by atoms with Crippen molar-refractivity contribution < 1.29 is 4.79 Å². The number of likely N-dealkylation sites (N-methyl/N-ethyl adjacent to an activating group) is 1. The number of aromatic nitrogens is 2. The van der Waals surface area contributed by atoms with Crippen LogP contribution in [0.25, 0.3) is 0 Å². The summed E-state index contributed by atoms with van der Waals surface area (Å²) in [4.78, 5) is 18.7. The zero-order valence-corrected chi connectivity index (χ0v) is 22.7. The number of amides is 1. The van der Waals surface area contributed by atoms with E-state index in [4.69, 9.17) is 0 Å². The van der Waals surface area contributed by atoms with Gasteiger partial charge >= 0.3 is 0 Å². The highest BCUT2D eigenvalue weighted by molar-refractivity contribution is 14.0. The largest absolute Gasteiger partial charge is 0.354 e. The molecule has 0 fully saturated rings. The molecule has 3 N–H and O–H groups in total. The van der Waals surface area contributed by atoms with Crippen molar-refractivity contribution in [1.29, 1.82) is 0 Å². The summed E-state index contributed by atoms with van der Waals surface area (Å²) in [6.07, 6.45) is 0.870. The van der Waals surface area contributed by atoms with Crippen molar-refractivity contribution in [3.8, 4) is 0 Å². The Hall–Kier alpha value is -2.14. The molecule has 1 atom stereocenters. The summed E-state index contributed by atoms with van der Waals surface area (Å²) in [6.45, 7) is 8.29. The molecule has 178 valence electrons. The normalized spacial score (nSPS) is 12.3. The highest BCUT2D eigenvalue weighted by Crippen LogP contribution is 2.14. The molecule has 1 heterocycles. The van der Waals surface area contributed by atoms with E-state index in [0.29, 0.717) is 18.7 Å². The van der Waals surface area contributed by atoms with Gasteiger partial charge in [0.25, 0.3) is 5.91 Å². The van der Waals surface area contributed by atoms with Gasteiger partial charge in [0.1, 0.15) is 0 Å². The number of aryl methyl sites for hydroxylation is 2. The summed E-state index contributed by atoms with van der Waals surface area (Å²) in [6, 6.07) is 7.86. The van der Waals surface area contributed by atoms with Gasteiger partial charge in [0, 0.05) is 51.0 Å². The first-order chi connectivity index (χ1) is 14.7. The van der Waals surface area contributed by atoms with Gasteiger partial charge in [-0.2, -0.15) is 5.10 Å². The van der Waals surface area contributed by atoms with Gasteiger partial charge in [-0.3, -0.25) is 14.5 Å². The highest BCUT2D eigenvalue weighted by Gasteiger charge is 2.14. The topological polar surface area (TPSA) is 86.6 Å². The Balaban J connectivity index is 0.00000512. The molecule has 1 aromatic carbocycles. The third-order valence-electron chi connectivity index (χ3n) is 5.27. The summed E-state index contributed by atoms with van der Waals surface area (Å²) < 4.78 is 1.92.